The highest BCUT2D eigenvalue weighted by atomic mass is 32.2. The van der Waals surface area contributed by atoms with Gasteiger partial charge in [-0.25, -0.2) is 4.98 Å². The Hall–Kier alpha value is -3.13. The summed E-state index contributed by atoms with van der Waals surface area (Å²) in [5, 5.41) is 45.2. The number of anilines is 1. The monoisotopic (exact) mass is 644 g/mol. The zero-order chi connectivity index (χ0) is 32.4. The maximum atomic E-state index is 10.4. The second-order valence-electron chi connectivity index (χ2n) is 10.9. The first-order valence-electron chi connectivity index (χ1n) is 15.5. The van der Waals surface area contributed by atoms with Crippen molar-refractivity contribution in [2.24, 2.45) is 0 Å². The molecule has 248 valence electrons. The Balaban J connectivity index is 0.00000130. The van der Waals surface area contributed by atoms with Gasteiger partial charge in [0.15, 0.2) is 5.16 Å². The van der Waals surface area contributed by atoms with Gasteiger partial charge in [-0.3, -0.25) is 4.79 Å². The summed E-state index contributed by atoms with van der Waals surface area (Å²) >= 11 is 1.81. The van der Waals surface area contributed by atoms with Gasteiger partial charge in [0, 0.05) is 49.8 Å². The average molecular weight is 645 g/mol. The summed E-state index contributed by atoms with van der Waals surface area (Å²) < 4.78 is 13.7. The smallest absolute Gasteiger partial charge is 0.300 e. The molecule has 1 aliphatic heterocycles. The van der Waals surface area contributed by atoms with Crippen molar-refractivity contribution in [2.75, 3.05) is 44.0 Å². The fraction of sp³-hybridized carbons (Fsp3) is 0.515. The van der Waals surface area contributed by atoms with Crippen molar-refractivity contribution in [2.45, 2.75) is 76.6 Å². The van der Waals surface area contributed by atoms with E-state index in [-0.39, 0.29) is 5.75 Å². The van der Waals surface area contributed by atoms with Gasteiger partial charge in [0.2, 0.25) is 0 Å². The molecule has 0 saturated carbocycles. The molecule has 1 aliphatic rings. The topological polar surface area (TPSA) is 158 Å². The number of carboxylic acids is 1. The number of aryl methyl sites for hydroxylation is 1. The van der Waals surface area contributed by atoms with Gasteiger partial charge in [-0.1, -0.05) is 42.8 Å². The number of aromatic hydroxyl groups is 1. The van der Waals surface area contributed by atoms with Crippen molar-refractivity contribution in [3.8, 4) is 5.75 Å². The Morgan fingerprint density at radius 2 is 1.84 bits per heavy atom. The third kappa shape index (κ3) is 13.8. The van der Waals surface area contributed by atoms with E-state index in [0.717, 1.165) is 80.2 Å². The van der Waals surface area contributed by atoms with Gasteiger partial charge in [0.1, 0.15) is 5.75 Å². The number of carbonyl (C=O) groups is 1. The van der Waals surface area contributed by atoms with E-state index in [0.29, 0.717) is 44.0 Å². The zero-order valence-corrected chi connectivity index (χ0v) is 27.1. The molecule has 0 spiro atoms. The molecule has 11 nitrogen and oxygen atoms in total. The Bertz CT molecular complexity index is 1280. The third-order valence-corrected chi connectivity index (χ3v) is 7.98. The minimum Gasteiger partial charge on any atom is -0.508 e. The van der Waals surface area contributed by atoms with Gasteiger partial charge in [-0.05, 0) is 61.7 Å². The number of benzene rings is 2. The molecule has 45 heavy (non-hydrogen) atoms. The minimum absolute atomic E-state index is 0.0405. The Labute approximate surface area is 270 Å². The van der Waals surface area contributed by atoms with Crippen molar-refractivity contribution in [1.29, 1.82) is 0 Å². The van der Waals surface area contributed by atoms with Crippen LogP contribution in [-0.4, -0.2) is 74.6 Å². The molecule has 12 heteroatoms. The van der Waals surface area contributed by atoms with Crippen molar-refractivity contribution in [1.82, 2.24) is 14.9 Å². The van der Waals surface area contributed by atoms with E-state index in [1.165, 1.54) is 6.07 Å². The molecule has 2 heterocycles. The van der Waals surface area contributed by atoms with Gasteiger partial charge in [-0.15, -0.1) is 0 Å². The second kappa shape index (κ2) is 20.1. The fourth-order valence-corrected chi connectivity index (χ4v) is 5.66. The predicted molar refractivity (Wildman–Crippen MR) is 176 cm³/mol. The van der Waals surface area contributed by atoms with Crippen LogP contribution >= 0.6 is 11.8 Å². The fourth-order valence-electron chi connectivity index (χ4n) is 4.70. The number of carboxylic acid groups (broad SMARTS) is 1. The van der Waals surface area contributed by atoms with Crippen LogP contribution < -0.4 is 10.6 Å². The first kappa shape index (κ1) is 36.3. The number of phenolic OH excluding ortho intramolecular Hbond substituents is 1. The lowest BCUT2D eigenvalue weighted by molar-refractivity contribution is -0.134. The Kier molecular flexibility index (Phi) is 16.2. The van der Waals surface area contributed by atoms with E-state index < -0.39 is 18.2 Å². The lowest BCUT2D eigenvalue weighted by atomic mass is 10.0. The number of hydrogen-bond acceptors (Lipinski definition) is 10. The highest BCUT2D eigenvalue weighted by molar-refractivity contribution is 7.99. The van der Waals surface area contributed by atoms with Gasteiger partial charge < -0.3 is 45.1 Å². The highest BCUT2D eigenvalue weighted by Gasteiger charge is 2.14. The lowest BCUT2D eigenvalue weighted by Crippen LogP contribution is -2.22. The molecule has 6 N–H and O–H groups in total. The average Bonchev–Trinajstić information content (AvgIpc) is 3.61. The molecule has 2 aromatic carbocycles. The number of ether oxygens (including phenoxy) is 2. The summed E-state index contributed by atoms with van der Waals surface area (Å²) in [4.78, 5) is 13.7. The number of aliphatic hydroxyl groups is 2. The van der Waals surface area contributed by atoms with Crippen LogP contribution in [-0.2, 0) is 34.0 Å². The van der Waals surface area contributed by atoms with Gasteiger partial charge >= 0.3 is 0 Å². The molecule has 4 rings (SSSR count). The molecule has 0 bridgehead atoms. The van der Waals surface area contributed by atoms with Gasteiger partial charge in [0.05, 0.1) is 44.3 Å². The number of aromatic nitrogens is 2. The van der Waals surface area contributed by atoms with Crippen LogP contribution in [0.5, 0.6) is 5.75 Å². The van der Waals surface area contributed by atoms with E-state index in [1.54, 1.807) is 19.1 Å². The van der Waals surface area contributed by atoms with Crippen LogP contribution in [0.15, 0.2) is 53.8 Å². The molecule has 0 saturated heterocycles. The molecular weight excluding hydrogens is 596 g/mol. The van der Waals surface area contributed by atoms with E-state index in [9.17, 15) is 15.3 Å². The second-order valence-corrected chi connectivity index (χ2v) is 12.0. The Morgan fingerprint density at radius 3 is 2.62 bits per heavy atom. The number of fused-ring (bicyclic) bond motifs is 1. The van der Waals surface area contributed by atoms with E-state index in [2.05, 4.69) is 44.6 Å². The predicted octanol–water partition coefficient (Wildman–Crippen LogP) is 4.87. The number of unbranched alkanes of at least 4 members (excludes halogenated alkanes) is 3. The van der Waals surface area contributed by atoms with E-state index in [1.807, 2.05) is 17.8 Å². The third-order valence-electron chi connectivity index (χ3n) is 7.01. The number of aliphatic hydroxyl groups excluding tert-OH is 2. The van der Waals surface area contributed by atoms with Crippen molar-refractivity contribution in [3.63, 3.8) is 0 Å². The Morgan fingerprint density at radius 1 is 1.07 bits per heavy atom. The number of nitrogens with one attached hydrogen (secondary N) is 2. The molecular formula is C33H48N4O7S. The number of imidazole rings is 1. The van der Waals surface area contributed by atoms with Crippen LogP contribution in [0, 0.1) is 0 Å². The largest absolute Gasteiger partial charge is 0.508 e. The molecule has 0 fully saturated rings. The van der Waals surface area contributed by atoms with Gasteiger partial charge in [-0.2, -0.15) is 0 Å². The summed E-state index contributed by atoms with van der Waals surface area (Å²) in [5.41, 5.74) is 4.38. The molecule has 0 amide bonds. The van der Waals surface area contributed by atoms with Crippen LogP contribution in [0.25, 0.3) is 0 Å². The summed E-state index contributed by atoms with van der Waals surface area (Å²) in [6, 6.07) is 13.2. The molecule has 1 aromatic heterocycles. The molecule has 2 atom stereocenters. The normalized spacial score (nSPS) is 13.5. The number of hydrogen-bond donors (Lipinski definition) is 6. The molecule has 1 unspecified atom stereocenters. The standard InChI is InChI=1S/C31H44N4O5S.C2H4O2/c1-23(36)28-18-25(9-10-29(28)37)30(38)20-32-11-4-2-3-5-13-39-14-15-40-22-24-7-6-8-26(17-24)33-19-27-21-35-12-16-41-31(35)34-27;1-2(3)4/h6-10,17-18,21,23,30,32-33,36-38H,2-5,11-16,19-20,22H2,1H3;1H3,(H,3,4)/t23?,30-;/m0./s1. The van der Waals surface area contributed by atoms with Crippen LogP contribution in [0.4, 0.5) is 5.69 Å². The van der Waals surface area contributed by atoms with Crippen molar-refractivity contribution >= 4 is 23.4 Å². The summed E-state index contributed by atoms with van der Waals surface area (Å²) in [5.74, 6) is 0.326. The van der Waals surface area contributed by atoms with Crippen LogP contribution in [0.2, 0.25) is 0 Å². The summed E-state index contributed by atoms with van der Waals surface area (Å²) in [6.45, 7) is 8.15. The maximum absolute atomic E-state index is 10.4. The molecule has 3 aromatic rings. The first-order valence-corrected chi connectivity index (χ1v) is 16.5. The van der Waals surface area contributed by atoms with Crippen molar-refractivity contribution in [3.05, 3.63) is 71.0 Å². The van der Waals surface area contributed by atoms with Crippen molar-refractivity contribution < 1.29 is 34.7 Å². The minimum atomic E-state index is -0.833. The number of nitrogens with zero attached hydrogens (tertiary/aromatic N) is 2. The summed E-state index contributed by atoms with van der Waals surface area (Å²) in [6.07, 6.45) is 4.92. The number of thioether (sulfide) groups is 1. The maximum Gasteiger partial charge on any atom is 0.300 e. The quantitative estimate of drug-likeness (QED) is 0.0990. The molecule has 0 aliphatic carbocycles. The number of aliphatic carboxylic acids is 1. The number of rotatable bonds is 19. The highest BCUT2D eigenvalue weighted by Crippen LogP contribution is 2.27. The van der Waals surface area contributed by atoms with E-state index in [4.69, 9.17) is 19.4 Å². The van der Waals surface area contributed by atoms with Crippen LogP contribution in [0.3, 0.4) is 0 Å². The zero-order valence-electron chi connectivity index (χ0n) is 26.3. The number of phenols is 1. The molecule has 0 radical (unpaired) electrons. The van der Waals surface area contributed by atoms with Crippen LogP contribution in [0.1, 0.15) is 74.1 Å². The van der Waals surface area contributed by atoms with E-state index >= 15 is 0 Å². The van der Waals surface area contributed by atoms with Gasteiger partial charge in [0.25, 0.3) is 5.97 Å². The SMILES string of the molecule is CC(=O)O.CC(O)c1cc([C@@H](O)CNCCCCCCOCCOCc2cccc(NCc3cn4c(n3)SCC4)c2)ccc1O. The lowest BCUT2D eigenvalue weighted by Gasteiger charge is -2.15. The first-order chi connectivity index (χ1) is 21.7. The summed E-state index contributed by atoms with van der Waals surface area (Å²) in [7, 11) is 0.